The maximum absolute atomic E-state index is 13.2. The van der Waals surface area contributed by atoms with Gasteiger partial charge >= 0.3 is 18.4 Å². The predicted molar refractivity (Wildman–Crippen MR) is 117 cm³/mol. The Labute approximate surface area is 201 Å². The third kappa shape index (κ3) is 7.25. The summed E-state index contributed by atoms with van der Waals surface area (Å²) in [4.78, 5) is 16.1. The van der Waals surface area contributed by atoms with Crippen molar-refractivity contribution in [2.45, 2.75) is 96.3 Å². The monoisotopic (exact) mass is 510 g/mol. The van der Waals surface area contributed by atoms with Gasteiger partial charge in [-0.2, -0.15) is 26.3 Å². The first-order valence-corrected chi connectivity index (χ1v) is 11.6. The van der Waals surface area contributed by atoms with Crippen molar-refractivity contribution in [1.82, 2.24) is 9.80 Å². The number of rotatable bonds is 5. The number of halogens is 6. The molecule has 1 aromatic carbocycles. The molecule has 1 amide bonds. The molecular weight excluding hydrogens is 478 g/mol. The molecule has 5 nitrogen and oxygen atoms in total. The van der Waals surface area contributed by atoms with Gasteiger partial charge in [-0.15, -0.1) is 0 Å². The molecule has 0 aliphatic carbocycles. The topological polar surface area (TPSA) is 45.3 Å². The van der Waals surface area contributed by atoms with Crippen LogP contribution in [-0.4, -0.2) is 59.0 Å². The summed E-state index contributed by atoms with van der Waals surface area (Å²) in [7, 11) is 0. The smallest absolute Gasteiger partial charge is 0.416 e. The van der Waals surface area contributed by atoms with Gasteiger partial charge in [0.05, 0.1) is 11.1 Å². The van der Waals surface area contributed by atoms with Gasteiger partial charge in [0, 0.05) is 31.6 Å². The van der Waals surface area contributed by atoms with E-state index in [4.69, 9.17) is 9.47 Å². The average molecular weight is 511 g/mol. The largest absolute Gasteiger partial charge is 0.444 e. The van der Waals surface area contributed by atoms with Crippen LogP contribution in [0.15, 0.2) is 18.2 Å². The van der Waals surface area contributed by atoms with E-state index in [-0.39, 0.29) is 36.2 Å². The molecule has 2 atom stereocenters. The van der Waals surface area contributed by atoms with E-state index < -0.39 is 41.4 Å². The molecule has 11 heteroatoms. The molecule has 1 aromatic rings. The highest BCUT2D eigenvalue weighted by Crippen LogP contribution is 2.39. The number of epoxide rings is 1. The number of ether oxygens (including phenoxy) is 2. The summed E-state index contributed by atoms with van der Waals surface area (Å²) in [6, 6.07) is 1.75. The summed E-state index contributed by atoms with van der Waals surface area (Å²) in [5.74, 6) is 0. The fourth-order valence-electron chi connectivity index (χ4n) is 4.51. The van der Waals surface area contributed by atoms with E-state index in [9.17, 15) is 31.1 Å². The summed E-state index contributed by atoms with van der Waals surface area (Å²) in [6.45, 7) is 10.3. The zero-order valence-electron chi connectivity index (χ0n) is 20.5. The van der Waals surface area contributed by atoms with Crippen LogP contribution in [0.25, 0.3) is 0 Å². The van der Waals surface area contributed by atoms with E-state index in [0.717, 1.165) is 12.1 Å². The summed E-state index contributed by atoms with van der Waals surface area (Å²) < 4.78 is 90.2. The minimum Gasteiger partial charge on any atom is -0.444 e. The molecule has 2 fully saturated rings. The van der Waals surface area contributed by atoms with Crippen molar-refractivity contribution in [3.8, 4) is 0 Å². The van der Waals surface area contributed by atoms with Gasteiger partial charge in [0.15, 0.2) is 0 Å². The lowest BCUT2D eigenvalue weighted by Gasteiger charge is -2.40. The van der Waals surface area contributed by atoms with Gasteiger partial charge < -0.3 is 14.4 Å². The van der Waals surface area contributed by atoms with Crippen molar-refractivity contribution in [1.29, 1.82) is 0 Å². The first-order valence-electron chi connectivity index (χ1n) is 11.6. The molecule has 0 saturated carbocycles. The Kier molecular flexibility index (Phi) is 7.72. The van der Waals surface area contributed by atoms with Gasteiger partial charge in [-0.25, -0.2) is 4.79 Å². The molecule has 2 unspecified atom stereocenters. The molecule has 2 saturated heterocycles. The molecule has 0 N–H and O–H groups in total. The summed E-state index contributed by atoms with van der Waals surface area (Å²) in [5, 5.41) is 0. The minimum atomic E-state index is -4.88. The zero-order valence-corrected chi connectivity index (χ0v) is 20.5. The molecular formula is C24H32F6N2O3. The molecule has 2 aliphatic heterocycles. The summed E-state index contributed by atoms with van der Waals surface area (Å²) >= 11 is 0. The lowest BCUT2D eigenvalue weighted by atomic mass is 9.99. The number of carbonyl (C=O) groups is 1. The van der Waals surface area contributed by atoms with Crippen LogP contribution in [-0.2, 0) is 28.2 Å². The number of likely N-dealkylation sites (tertiary alicyclic amines) is 1. The highest BCUT2D eigenvalue weighted by atomic mass is 19.4. The Morgan fingerprint density at radius 2 is 1.54 bits per heavy atom. The van der Waals surface area contributed by atoms with Crippen molar-refractivity contribution in [3.05, 3.63) is 34.9 Å². The fraction of sp³-hybridized carbons (Fsp3) is 0.708. The van der Waals surface area contributed by atoms with E-state index >= 15 is 0 Å². The van der Waals surface area contributed by atoms with Crippen LogP contribution in [0.4, 0.5) is 31.1 Å². The van der Waals surface area contributed by atoms with Gasteiger partial charge in [0.2, 0.25) is 0 Å². The second-order valence-corrected chi connectivity index (χ2v) is 10.4. The molecule has 35 heavy (non-hydrogen) atoms. The van der Waals surface area contributed by atoms with E-state index in [0.29, 0.717) is 25.9 Å². The second kappa shape index (κ2) is 9.80. The first-order chi connectivity index (χ1) is 16.0. The number of benzene rings is 1. The molecule has 2 heterocycles. The van der Waals surface area contributed by atoms with E-state index in [1.54, 1.807) is 25.7 Å². The minimum absolute atomic E-state index is 0.0373. The SMILES string of the molecule is CC(C)N(C1CCN(C(=O)OC(C)(C)C)CC1)C1OC1Cc1cc(C(F)(F)F)cc(C(F)(F)F)c1. The van der Waals surface area contributed by atoms with Crippen LogP contribution in [0.2, 0.25) is 0 Å². The average Bonchev–Trinajstić information content (AvgIpc) is 3.43. The van der Waals surface area contributed by atoms with Crippen LogP contribution in [0, 0.1) is 0 Å². The molecule has 3 rings (SSSR count). The quantitative estimate of drug-likeness (QED) is 0.355. The van der Waals surface area contributed by atoms with Crippen molar-refractivity contribution < 1.29 is 40.6 Å². The van der Waals surface area contributed by atoms with E-state index in [2.05, 4.69) is 4.90 Å². The molecule has 0 bridgehead atoms. The van der Waals surface area contributed by atoms with Crippen molar-refractivity contribution in [2.24, 2.45) is 0 Å². The Hall–Kier alpha value is -2.01. The lowest BCUT2D eigenvalue weighted by molar-refractivity contribution is -0.143. The fourth-order valence-corrected chi connectivity index (χ4v) is 4.51. The maximum Gasteiger partial charge on any atom is 0.416 e. The van der Waals surface area contributed by atoms with Crippen molar-refractivity contribution in [2.75, 3.05) is 13.1 Å². The molecule has 2 aliphatic rings. The predicted octanol–water partition coefficient (Wildman–Crippen LogP) is 6.10. The number of carbonyl (C=O) groups excluding carboxylic acids is 1. The van der Waals surface area contributed by atoms with E-state index in [1.165, 1.54) is 0 Å². The Bertz CT molecular complexity index is 870. The summed E-state index contributed by atoms with van der Waals surface area (Å²) in [5.41, 5.74) is -3.31. The van der Waals surface area contributed by atoms with Crippen molar-refractivity contribution >= 4 is 6.09 Å². The lowest BCUT2D eigenvalue weighted by Crippen LogP contribution is -2.51. The number of amides is 1. The number of hydrogen-bond acceptors (Lipinski definition) is 4. The Morgan fingerprint density at radius 3 is 1.97 bits per heavy atom. The number of nitrogens with zero attached hydrogens (tertiary/aromatic N) is 2. The van der Waals surface area contributed by atoms with Gasteiger partial charge in [-0.1, -0.05) is 0 Å². The van der Waals surface area contributed by atoms with E-state index in [1.807, 2.05) is 13.8 Å². The normalized spacial score (nSPS) is 22.1. The number of hydrogen-bond donors (Lipinski definition) is 0. The second-order valence-electron chi connectivity index (χ2n) is 10.4. The molecule has 0 radical (unpaired) electrons. The number of alkyl halides is 6. The summed E-state index contributed by atoms with van der Waals surface area (Å²) in [6.07, 6.45) is -9.80. The standard InChI is InChI=1S/C24H32F6N2O3/c1-14(2)32(18-6-8-31(9-7-18)21(33)35-22(3,4)5)20-19(34-20)12-15-10-16(23(25,26)27)13-17(11-15)24(28,29)30/h10-11,13-14,18-20H,6-9,12H2,1-5H3. The molecule has 198 valence electrons. The highest BCUT2D eigenvalue weighted by molar-refractivity contribution is 5.68. The maximum atomic E-state index is 13.2. The van der Waals surface area contributed by atoms with Crippen LogP contribution in [0.5, 0.6) is 0 Å². The molecule has 0 spiro atoms. The molecule has 0 aromatic heterocycles. The number of piperidine rings is 1. The zero-order chi connectivity index (χ0) is 26.3. The van der Waals surface area contributed by atoms with Gasteiger partial charge in [0.1, 0.15) is 17.9 Å². The van der Waals surface area contributed by atoms with Crippen LogP contribution < -0.4 is 0 Å². The van der Waals surface area contributed by atoms with Gasteiger partial charge in [0.25, 0.3) is 0 Å². The van der Waals surface area contributed by atoms with Crippen molar-refractivity contribution in [3.63, 3.8) is 0 Å². The van der Waals surface area contributed by atoms with Crippen LogP contribution in [0.3, 0.4) is 0 Å². The highest BCUT2D eigenvalue weighted by Gasteiger charge is 2.48. The van der Waals surface area contributed by atoms with Crippen LogP contribution in [0.1, 0.15) is 64.2 Å². The Balaban J connectivity index is 1.66. The van der Waals surface area contributed by atoms with Gasteiger partial charge in [-0.3, -0.25) is 4.90 Å². The third-order valence-electron chi connectivity index (χ3n) is 6.07. The van der Waals surface area contributed by atoms with Crippen LogP contribution >= 0.6 is 0 Å². The third-order valence-corrected chi connectivity index (χ3v) is 6.07. The first kappa shape index (κ1) is 27.6. The van der Waals surface area contributed by atoms with Gasteiger partial charge in [-0.05, 0) is 71.2 Å². The Morgan fingerprint density at radius 1 is 1.03 bits per heavy atom.